The van der Waals surface area contributed by atoms with E-state index >= 15 is 0 Å². The van der Waals surface area contributed by atoms with E-state index in [2.05, 4.69) is 42.5 Å². The number of halogens is 2. The van der Waals surface area contributed by atoms with Gasteiger partial charge in [0.15, 0.2) is 5.82 Å². The molecule has 0 saturated carbocycles. The summed E-state index contributed by atoms with van der Waals surface area (Å²) in [6.07, 6.45) is 0.756. The number of nitrogens with one attached hydrogen (secondary N) is 3. The third kappa shape index (κ3) is 7.03. The average molecular weight is 728 g/mol. The van der Waals surface area contributed by atoms with Crippen LogP contribution in [0.5, 0.6) is 0 Å². The van der Waals surface area contributed by atoms with Crippen LogP contribution in [0.25, 0.3) is 10.9 Å². The predicted molar refractivity (Wildman–Crippen MR) is 198 cm³/mol. The lowest BCUT2D eigenvalue weighted by Crippen LogP contribution is -2.53. The van der Waals surface area contributed by atoms with Crippen molar-refractivity contribution in [1.82, 2.24) is 25.3 Å². The molecule has 13 heteroatoms. The maximum atomic E-state index is 13.7. The summed E-state index contributed by atoms with van der Waals surface area (Å²) in [7, 11) is 0. The molecule has 0 radical (unpaired) electrons. The van der Waals surface area contributed by atoms with Crippen LogP contribution >= 0.6 is 0 Å². The molecular weight excluding hydrogens is 692 g/mol. The Kier molecular flexibility index (Phi) is 9.35. The van der Waals surface area contributed by atoms with Crippen LogP contribution in [0.1, 0.15) is 56.3 Å². The summed E-state index contributed by atoms with van der Waals surface area (Å²) in [6, 6.07) is 22.3. The highest BCUT2D eigenvalue weighted by Gasteiger charge is 2.44. The van der Waals surface area contributed by atoms with Gasteiger partial charge >= 0.3 is 0 Å². The van der Waals surface area contributed by atoms with E-state index in [1.165, 1.54) is 17.0 Å². The highest BCUT2D eigenvalue weighted by atomic mass is 19.1. The zero-order valence-corrected chi connectivity index (χ0v) is 29.1. The Morgan fingerprint density at radius 2 is 1.65 bits per heavy atom. The maximum Gasteiger partial charge on any atom is 0.256 e. The number of carbonyl (C=O) groups is 4. The molecule has 2 atom stereocenters. The first kappa shape index (κ1) is 34.7. The first-order valence-corrected chi connectivity index (χ1v) is 17.7. The third-order valence-electron chi connectivity index (χ3n) is 10.1. The van der Waals surface area contributed by atoms with Crippen molar-refractivity contribution < 1.29 is 28.0 Å². The molecule has 0 aliphatic carbocycles. The smallest absolute Gasteiger partial charge is 0.256 e. The van der Waals surface area contributed by atoms with E-state index in [-0.39, 0.29) is 30.6 Å². The van der Waals surface area contributed by atoms with E-state index < -0.39 is 29.6 Å². The van der Waals surface area contributed by atoms with Crippen molar-refractivity contribution in [3.05, 3.63) is 124 Å². The zero-order valence-electron chi connectivity index (χ0n) is 29.1. The fraction of sp³-hybridized carbons (Fsp3) is 0.244. The van der Waals surface area contributed by atoms with E-state index in [0.717, 1.165) is 49.1 Å². The summed E-state index contributed by atoms with van der Waals surface area (Å²) in [4.78, 5) is 57.1. The summed E-state index contributed by atoms with van der Waals surface area (Å²) in [5.74, 6) is 4.24. The van der Waals surface area contributed by atoms with Crippen molar-refractivity contribution in [1.29, 1.82) is 0 Å². The lowest BCUT2D eigenvalue weighted by molar-refractivity contribution is -0.137. The number of benzene rings is 4. The van der Waals surface area contributed by atoms with Crippen LogP contribution in [0.15, 0.2) is 84.9 Å². The van der Waals surface area contributed by atoms with Crippen molar-refractivity contribution in [2.45, 2.75) is 31.3 Å². The van der Waals surface area contributed by atoms with Gasteiger partial charge in [-0.1, -0.05) is 36.1 Å². The Morgan fingerprint density at radius 3 is 2.41 bits per heavy atom. The highest BCUT2D eigenvalue weighted by Crippen LogP contribution is 2.36. The van der Waals surface area contributed by atoms with Crippen molar-refractivity contribution >= 4 is 46.0 Å². The number of imide groups is 1. The lowest BCUT2D eigenvalue weighted by Gasteiger charge is -2.35. The number of H-pyrrole nitrogens is 1. The summed E-state index contributed by atoms with van der Waals surface area (Å²) in [6.45, 7) is 3.52. The second-order valence-electron chi connectivity index (χ2n) is 13.7. The van der Waals surface area contributed by atoms with Gasteiger partial charge in [0.2, 0.25) is 11.8 Å². The van der Waals surface area contributed by atoms with E-state index in [4.69, 9.17) is 0 Å². The molecular formula is C41H35F2N7O4. The van der Waals surface area contributed by atoms with Gasteiger partial charge in [-0.05, 0) is 84.1 Å². The number of hydrogen-bond donors (Lipinski definition) is 3. The maximum absolute atomic E-state index is 13.7. The number of hydrogen-bond acceptors (Lipinski definition) is 7. The van der Waals surface area contributed by atoms with E-state index in [9.17, 15) is 28.0 Å². The molecule has 0 bridgehead atoms. The minimum absolute atomic E-state index is 0.174. The Labute approximate surface area is 309 Å². The molecule has 272 valence electrons. The Hall–Kier alpha value is -6.39. The van der Waals surface area contributed by atoms with Gasteiger partial charge < -0.3 is 15.1 Å². The number of piperidine rings is 1. The van der Waals surface area contributed by atoms with Gasteiger partial charge in [-0.2, -0.15) is 5.10 Å². The number of rotatable bonds is 7. The van der Waals surface area contributed by atoms with Gasteiger partial charge in [-0.15, -0.1) is 0 Å². The Morgan fingerprint density at radius 1 is 0.889 bits per heavy atom. The SMILES string of the molecule is O=C1CCC(N2C(=O)c3ccccc3C2C#CCN2CCN(c3ccc(C(=O)Nc4n[nH]c5ccc(Cc6cc(F)cc(F)c6)cc45)cc3)CC2)C(=O)N1. The van der Waals surface area contributed by atoms with Crippen LogP contribution in [0.4, 0.5) is 20.3 Å². The Bertz CT molecular complexity index is 2340. The molecule has 2 saturated heterocycles. The van der Waals surface area contributed by atoms with Gasteiger partial charge in [0.1, 0.15) is 23.7 Å². The molecule has 8 rings (SSSR count). The number of fused-ring (bicyclic) bond motifs is 2. The minimum Gasteiger partial charge on any atom is -0.369 e. The van der Waals surface area contributed by atoms with Crippen LogP contribution in [-0.2, 0) is 16.0 Å². The third-order valence-corrected chi connectivity index (χ3v) is 10.1. The molecule has 2 unspecified atom stereocenters. The first-order valence-electron chi connectivity index (χ1n) is 17.7. The molecule has 4 heterocycles. The largest absolute Gasteiger partial charge is 0.369 e. The number of anilines is 2. The fourth-order valence-corrected chi connectivity index (χ4v) is 7.39. The van der Waals surface area contributed by atoms with E-state index in [1.54, 1.807) is 24.3 Å². The normalized spacial score (nSPS) is 18.7. The molecule has 5 aromatic rings. The van der Waals surface area contributed by atoms with Gasteiger partial charge in [-0.3, -0.25) is 34.5 Å². The monoisotopic (exact) mass is 727 g/mol. The number of amides is 4. The van der Waals surface area contributed by atoms with Gasteiger partial charge in [0.25, 0.3) is 11.8 Å². The second kappa shape index (κ2) is 14.6. The summed E-state index contributed by atoms with van der Waals surface area (Å²) >= 11 is 0. The van der Waals surface area contributed by atoms with Crippen LogP contribution in [0, 0.1) is 23.5 Å². The van der Waals surface area contributed by atoms with Gasteiger partial charge in [0, 0.05) is 60.9 Å². The second-order valence-corrected chi connectivity index (χ2v) is 13.7. The van der Waals surface area contributed by atoms with Crippen LogP contribution in [0.2, 0.25) is 0 Å². The molecule has 3 aliphatic heterocycles. The van der Waals surface area contributed by atoms with E-state index in [0.29, 0.717) is 46.4 Å². The highest BCUT2D eigenvalue weighted by molar-refractivity contribution is 6.08. The number of carbonyl (C=O) groups excluding carboxylic acids is 4. The van der Waals surface area contributed by atoms with E-state index in [1.807, 2.05) is 42.5 Å². The van der Waals surface area contributed by atoms with Crippen LogP contribution < -0.4 is 15.5 Å². The van der Waals surface area contributed by atoms with Crippen molar-refractivity contribution in [2.24, 2.45) is 0 Å². The lowest BCUT2D eigenvalue weighted by atomic mass is 10.0. The standard InChI is InChI=1S/C41H35F2N7O4/c42-28-21-26(22-29(43)24-28)20-25-7-12-34-33(23-25)38(47-46-34)45-39(52)27-8-10-30(11-9-27)49-18-16-48(17-19-49)15-3-6-35-31-4-1-2-5-32(31)41(54)50(35)36-13-14-37(51)44-40(36)53/h1-2,4-5,7-12,21-24,35-36H,13-20H2,(H,44,51,53)(H2,45,46,47,52). The quantitative estimate of drug-likeness (QED) is 0.162. The van der Waals surface area contributed by atoms with Crippen LogP contribution in [-0.4, -0.2) is 82.4 Å². The number of aromatic amines is 1. The summed E-state index contributed by atoms with van der Waals surface area (Å²) in [5.41, 5.74) is 4.78. The zero-order chi connectivity index (χ0) is 37.3. The average Bonchev–Trinajstić information content (AvgIpc) is 3.68. The van der Waals surface area contributed by atoms with Gasteiger partial charge in [0.05, 0.1) is 12.1 Å². The summed E-state index contributed by atoms with van der Waals surface area (Å²) < 4.78 is 27.4. The molecule has 0 spiro atoms. The minimum atomic E-state index is -0.755. The summed E-state index contributed by atoms with van der Waals surface area (Å²) in [5, 5.41) is 13.1. The number of piperazine rings is 1. The van der Waals surface area contributed by atoms with Gasteiger partial charge in [-0.25, -0.2) is 8.78 Å². The van der Waals surface area contributed by atoms with Crippen molar-refractivity contribution in [2.75, 3.05) is 42.9 Å². The predicted octanol–water partition coefficient (Wildman–Crippen LogP) is 4.81. The molecule has 54 heavy (non-hydrogen) atoms. The first-order chi connectivity index (χ1) is 26.2. The molecule has 4 amide bonds. The molecule has 3 aliphatic rings. The number of aromatic nitrogens is 2. The topological polar surface area (TPSA) is 131 Å². The molecule has 3 N–H and O–H groups in total. The van der Waals surface area contributed by atoms with Crippen LogP contribution in [0.3, 0.4) is 0 Å². The molecule has 4 aromatic carbocycles. The molecule has 11 nitrogen and oxygen atoms in total. The van der Waals surface area contributed by atoms with Crippen molar-refractivity contribution in [3.8, 4) is 11.8 Å². The number of nitrogens with zero attached hydrogens (tertiary/aromatic N) is 4. The molecule has 1 aromatic heterocycles. The fourth-order valence-electron chi connectivity index (χ4n) is 7.39. The molecule has 2 fully saturated rings. The Balaban J connectivity index is 0.871. The van der Waals surface area contributed by atoms with Crippen molar-refractivity contribution in [3.63, 3.8) is 0 Å².